The van der Waals surface area contributed by atoms with E-state index in [4.69, 9.17) is 4.74 Å². The van der Waals surface area contributed by atoms with E-state index in [0.29, 0.717) is 12.2 Å². The lowest BCUT2D eigenvalue weighted by Crippen LogP contribution is -2.54. The molecule has 3 aliphatic carbocycles. The van der Waals surface area contributed by atoms with E-state index in [1.807, 2.05) is 0 Å². The molecule has 18 heavy (non-hydrogen) atoms. The molecule has 0 aromatic carbocycles. The Kier molecular flexibility index (Phi) is 3.48. The highest BCUT2D eigenvalue weighted by molar-refractivity contribution is 5.92. The Balaban J connectivity index is 1.50. The van der Waals surface area contributed by atoms with Crippen LogP contribution in [0.15, 0.2) is 0 Å². The van der Waals surface area contributed by atoms with Crippen LogP contribution in [0, 0.1) is 17.3 Å². The molecule has 102 valence electrons. The van der Waals surface area contributed by atoms with Crippen LogP contribution in [0.2, 0.25) is 0 Å². The van der Waals surface area contributed by atoms with Crippen LogP contribution in [0.1, 0.15) is 64.7 Å². The molecule has 2 nitrogen and oxygen atoms in total. The Hall–Kier alpha value is -0.370. The van der Waals surface area contributed by atoms with Crippen LogP contribution in [-0.4, -0.2) is 18.5 Å². The number of rotatable bonds is 3. The first-order valence-corrected chi connectivity index (χ1v) is 7.85. The largest absolute Gasteiger partial charge is 0.376 e. The molecule has 2 heteroatoms. The van der Waals surface area contributed by atoms with E-state index in [1.54, 1.807) is 0 Å². The molecule has 0 radical (unpaired) electrons. The number of ether oxygens (including phenoxy) is 1. The smallest absolute Gasteiger partial charge is 0.144 e. The summed E-state index contributed by atoms with van der Waals surface area (Å²) in [6, 6.07) is 0. The third kappa shape index (κ3) is 2.13. The zero-order valence-electron chi connectivity index (χ0n) is 11.6. The van der Waals surface area contributed by atoms with Gasteiger partial charge in [-0.1, -0.05) is 32.6 Å². The quantitative estimate of drug-likeness (QED) is 0.763. The zero-order valence-corrected chi connectivity index (χ0v) is 11.6. The summed E-state index contributed by atoms with van der Waals surface area (Å²) >= 11 is 0. The summed E-state index contributed by atoms with van der Waals surface area (Å²) in [4.78, 5) is 11.9. The van der Waals surface area contributed by atoms with Crippen LogP contribution >= 0.6 is 0 Å². The molecule has 0 aromatic heterocycles. The average Bonchev–Trinajstić information content (AvgIpc) is 2.86. The first-order chi connectivity index (χ1) is 8.71. The van der Waals surface area contributed by atoms with Gasteiger partial charge in [0.2, 0.25) is 0 Å². The molecule has 1 spiro atoms. The highest BCUT2D eigenvalue weighted by Crippen LogP contribution is 2.52. The van der Waals surface area contributed by atoms with Crippen LogP contribution in [0.5, 0.6) is 0 Å². The van der Waals surface area contributed by atoms with Crippen molar-refractivity contribution in [2.24, 2.45) is 17.3 Å². The number of carbonyl (C=O) groups is 1. The lowest BCUT2D eigenvalue weighted by molar-refractivity contribution is -0.165. The second kappa shape index (κ2) is 4.96. The molecule has 0 bridgehead atoms. The van der Waals surface area contributed by atoms with E-state index in [0.717, 1.165) is 31.3 Å². The monoisotopic (exact) mass is 250 g/mol. The fourth-order valence-electron chi connectivity index (χ4n) is 4.40. The highest BCUT2D eigenvalue weighted by atomic mass is 16.5. The summed E-state index contributed by atoms with van der Waals surface area (Å²) in [5.74, 6) is 2.11. The van der Waals surface area contributed by atoms with Crippen LogP contribution < -0.4 is 0 Å². The molecule has 3 aliphatic rings. The third-order valence-electron chi connectivity index (χ3n) is 5.62. The van der Waals surface area contributed by atoms with Gasteiger partial charge in [0.1, 0.15) is 5.78 Å². The summed E-state index contributed by atoms with van der Waals surface area (Å²) in [5.41, 5.74) is -0.0275. The molecule has 3 unspecified atom stereocenters. The van der Waals surface area contributed by atoms with Crippen molar-refractivity contribution in [2.75, 3.05) is 6.61 Å². The number of Topliss-reactive ketones (excluding diaryl/α,β-unsaturated/α-hetero) is 1. The molecule has 3 saturated carbocycles. The molecule has 0 amide bonds. The van der Waals surface area contributed by atoms with Gasteiger partial charge in [0.15, 0.2) is 0 Å². The SMILES string of the molecule is CC1CCCC(COC2CC(=O)C23CCCC3)C1. The molecule has 0 heterocycles. The summed E-state index contributed by atoms with van der Waals surface area (Å²) in [6.07, 6.45) is 11.0. The molecule has 3 rings (SSSR count). The summed E-state index contributed by atoms with van der Waals surface area (Å²) in [5, 5.41) is 0. The van der Waals surface area contributed by atoms with E-state index in [-0.39, 0.29) is 11.5 Å². The maximum absolute atomic E-state index is 11.9. The Morgan fingerprint density at radius 3 is 2.67 bits per heavy atom. The van der Waals surface area contributed by atoms with Crippen molar-refractivity contribution >= 4 is 5.78 Å². The van der Waals surface area contributed by atoms with Crippen molar-refractivity contribution in [3.05, 3.63) is 0 Å². The lowest BCUT2D eigenvalue weighted by Gasteiger charge is -2.45. The van der Waals surface area contributed by atoms with E-state index in [2.05, 4.69) is 6.92 Å². The van der Waals surface area contributed by atoms with Gasteiger partial charge in [0.05, 0.1) is 11.5 Å². The number of hydrogen-bond acceptors (Lipinski definition) is 2. The first-order valence-electron chi connectivity index (χ1n) is 7.85. The standard InChI is InChI=1S/C16H26O2/c1-12-5-4-6-13(9-12)11-18-15-10-14(17)16(15)7-2-3-8-16/h12-13,15H,2-11H2,1H3. The van der Waals surface area contributed by atoms with Gasteiger partial charge in [-0.05, 0) is 37.5 Å². The lowest BCUT2D eigenvalue weighted by atomic mass is 9.63. The second-order valence-corrected chi connectivity index (χ2v) is 6.95. The minimum absolute atomic E-state index is 0.0275. The summed E-state index contributed by atoms with van der Waals surface area (Å²) in [6.45, 7) is 3.27. The van der Waals surface area contributed by atoms with E-state index >= 15 is 0 Å². The van der Waals surface area contributed by atoms with E-state index < -0.39 is 0 Å². The highest BCUT2D eigenvalue weighted by Gasteiger charge is 2.56. The third-order valence-corrected chi connectivity index (χ3v) is 5.62. The van der Waals surface area contributed by atoms with Gasteiger partial charge in [-0.15, -0.1) is 0 Å². The Morgan fingerprint density at radius 2 is 2.00 bits per heavy atom. The van der Waals surface area contributed by atoms with Crippen LogP contribution in [0.4, 0.5) is 0 Å². The van der Waals surface area contributed by atoms with Gasteiger partial charge in [0.25, 0.3) is 0 Å². The fourth-order valence-corrected chi connectivity index (χ4v) is 4.40. The normalized spacial score (nSPS) is 38.9. The average molecular weight is 250 g/mol. The Bertz CT molecular complexity index is 317. The molecule has 0 aliphatic heterocycles. The fraction of sp³-hybridized carbons (Fsp3) is 0.938. The van der Waals surface area contributed by atoms with Gasteiger partial charge >= 0.3 is 0 Å². The zero-order chi connectivity index (χ0) is 12.6. The number of hydrogen-bond donors (Lipinski definition) is 0. The summed E-state index contributed by atoms with van der Waals surface area (Å²) in [7, 11) is 0. The van der Waals surface area contributed by atoms with Gasteiger partial charge < -0.3 is 4.74 Å². The van der Waals surface area contributed by atoms with Crippen molar-refractivity contribution < 1.29 is 9.53 Å². The Labute approximate surface area is 110 Å². The number of ketones is 1. The van der Waals surface area contributed by atoms with Gasteiger partial charge in [-0.2, -0.15) is 0 Å². The molecule has 3 atom stereocenters. The minimum atomic E-state index is -0.0275. The summed E-state index contributed by atoms with van der Waals surface area (Å²) < 4.78 is 6.15. The van der Waals surface area contributed by atoms with Crippen LogP contribution in [0.25, 0.3) is 0 Å². The van der Waals surface area contributed by atoms with E-state index in [9.17, 15) is 4.79 Å². The van der Waals surface area contributed by atoms with Crippen LogP contribution in [0.3, 0.4) is 0 Å². The van der Waals surface area contributed by atoms with Crippen LogP contribution in [-0.2, 0) is 9.53 Å². The van der Waals surface area contributed by atoms with E-state index in [1.165, 1.54) is 38.5 Å². The predicted molar refractivity (Wildman–Crippen MR) is 71.4 cm³/mol. The Morgan fingerprint density at radius 1 is 1.22 bits per heavy atom. The molecular weight excluding hydrogens is 224 g/mol. The van der Waals surface area contributed by atoms with Crippen molar-refractivity contribution in [3.63, 3.8) is 0 Å². The molecular formula is C16H26O2. The van der Waals surface area contributed by atoms with Crippen molar-refractivity contribution in [1.29, 1.82) is 0 Å². The van der Waals surface area contributed by atoms with Crippen molar-refractivity contribution in [1.82, 2.24) is 0 Å². The van der Waals surface area contributed by atoms with Gasteiger partial charge in [-0.3, -0.25) is 4.79 Å². The molecule has 0 N–H and O–H groups in total. The molecule has 0 saturated heterocycles. The minimum Gasteiger partial charge on any atom is -0.376 e. The second-order valence-electron chi connectivity index (χ2n) is 6.95. The van der Waals surface area contributed by atoms with Gasteiger partial charge in [-0.25, -0.2) is 0 Å². The van der Waals surface area contributed by atoms with Crippen molar-refractivity contribution in [3.8, 4) is 0 Å². The predicted octanol–water partition coefficient (Wildman–Crippen LogP) is 3.73. The molecule has 0 aromatic rings. The van der Waals surface area contributed by atoms with Crippen molar-refractivity contribution in [2.45, 2.75) is 70.8 Å². The molecule has 3 fully saturated rings. The topological polar surface area (TPSA) is 26.3 Å². The first kappa shape index (κ1) is 12.7. The maximum atomic E-state index is 11.9. The van der Waals surface area contributed by atoms with Gasteiger partial charge in [0, 0.05) is 13.0 Å². The maximum Gasteiger partial charge on any atom is 0.144 e. The number of carbonyl (C=O) groups excluding carboxylic acids is 1.